The van der Waals surface area contributed by atoms with Crippen LogP contribution in [0.4, 0.5) is 0 Å². The van der Waals surface area contributed by atoms with E-state index in [0.29, 0.717) is 122 Å². The Balaban J connectivity index is 0.000000157. The van der Waals surface area contributed by atoms with Gasteiger partial charge in [0, 0.05) is 38.1 Å². The topological polar surface area (TPSA) is 88.4 Å². The molecular weight excluding hydrogens is 1230 g/mol. The van der Waals surface area contributed by atoms with Gasteiger partial charge in [0.15, 0.2) is 16.6 Å². The van der Waals surface area contributed by atoms with Crippen LogP contribution >= 0.6 is 0 Å². The van der Waals surface area contributed by atoms with Gasteiger partial charge in [0.05, 0.1) is 0 Å². The van der Waals surface area contributed by atoms with Gasteiger partial charge in [-0.25, -0.2) is 0 Å². The fourth-order valence-electron chi connectivity index (χ4n) is 26.7. The Hall–Kier alpha value is -0.629. The third-order valence-electron chi connectivity index (χ3n) is 34.4. The maximum absolute atomic E-state index is 9.92. The van der Waals surface area contributed by atoms with E-state index in [0.717, 1.165) is 59.7 Å². The maximum Gasteiger partial charge on any atom is 0.200 e. The molecule has 9 heteroatoms. The van der Waals surface area contributed by atoms with Crippen LogP contribution in [0.5, 0.6) is 0 Å². The molecule has 0 radical (unpaired) electrons. The van der Waals surface area contributed by atoms with Crippen molar-refractivity contribution in [1.29, 1.82) is 0 Å². The monoisotopic (exact) mass is 1380 g/mol. The third-order valence-corrected chi connectivity index (χ3v) is 49.6. The predicted molar refractivity (Wildman–Crippen MR) is 414 cm³/mol. The minimum Gasteiger partial charge on any atom is -0.414 e. The van der Waals surface area contributed by atoms with Crippen LogP contribution in [0.25, 0.3) is 0 Å². The number of hydrogen-bond acceptors (Lipinski definition) is 6. The third kappa shape index (κ3) is 13.6. The van der Waals surface area contributed by atoms with Crippen LogP contribution < -0.4 is 0 Å². The van der Waals surface area contributed by atoms with Gasteiger partial charge < -0.3 is 28.6 Å². The number of allylic oxidation sites excluding steroid dienone is 5. The predicted octanol–water partition coefficient (Wildman–Crippen LogP) is 23.8. The number of aliphatic hydroxyl groups excluding tert-OH is 3. The van der Waals surface area contributed by atoms with E-state index in [1.807, 2.05) is 0 Å². The van der Waals surface area contributed by atoms with E-state index in [2.05, 4.69) is 196 Å². The van der Waals surface area contributed by atoms with Crippen molar-refractivity contribution in [3.05, 3.63) is 46.6 Å². The fraction of sp³-hybridized carbons (Fsp3) is 0.908. The lowest BCUT2D eigenvalue weighted by Crippen LogP contribution is -2.53. The maximum atomic E-state index is 9.92. The molecule has 12 rings (SSSR count). The summed E-state index contributed by atoms with van der Waals surface area (Å²) in [5, 5.41) is 30.2. The number of aliphatic hydroxyl groups is 3. The molecule has 0 aromatic carbocycles. The summed E-state index contributed by atoms with van der Waals surface area (Å²) in [4.78, 5) is 0. The highest BCUT2D eigenvalue weighted by molar-refractivity contribution is 6.77. The summed E-state index contributed by atoms with van der Waals surface area (Å²) in [6.07, 6.45) is 41.7. The molecule has 6 nitrogen and oxygen atoms in total. The number of hydrogen-bond donors (Lipinski definition) is 3. The van der Waals surface area contributed by atoms with Crippen molar-refractivity contribution in [2.24, 2.45) is 115 Å². The standard InChI is InChI=1S/C31H56O2Si.C28H50O2Si.C28H48O2Si/c1-20(2)34(21(3)4,22(5)6)33-25-14-16-30(8)24(18-25)10-11-26-28-13-12-27(23(7)19-32)31(28,9)17-15-29(26)30;2*1-19(18-29)23-11-12-24-22-10-9-20-17-21(30-31(7,8)26(2,3)4)13-15-27(20,5)25(22)14-16-28(23,24)6/h10,20-23,25-29,32H,11-19H2,1-9H3;9,19,21-25,29H,10-18H2,1-8H3;9-10,19,21,23-25,29H,11-18H2,1-8H3/t23-,25-,26-,27+,28-,29-,30-,31+;19-,21-,22-,23+,24-,25-,27-,28+;19-,21-,23+,24-,25-,27-,28+/m000/s1. The normalized spacial score (nSPS) is 42.3. The van der Waals surface area contributed by atoms with Crippen LogP contribution in [0.3, 0.4) is 0 Å². The second-order valence-corrected chi connectivity index (χ2v) is 56.8. The molecule has 12 aliphatic carbocycles. The van der Waals surface area contributed by atoms with Crippen LogP contribution in [0.15, 0.2) is 46.6 Å². The summed E-state index contributed by atoms with van der Waals surface area (Å²) in [7, 11) is -5.25. The second kappa shape index (κ2) is 28.3. The summed E-state index contributed by atoms with van der Waals surface area (Å²) in [6.45, 7) is 61.8. The van der Waals surface area contributed by atoms with Gasteiger partial charge in [0.2, 0.25) is 8.32 Å². The van der Waals surface area contributed by atoms with Gasteiger partial charge in [-0.05, 0) is 316 Å². The zero-order valence-corrected chi connectivity index (χ0v) is 70.3. The molecule has 23 atom stereocenters. The summed E-state index contributed by atoms with van der Waals surface area (Å²) in [5.41, 5.74) is 11.3. The van der Waals surface area contributed by atoms with Gasteiger partial charge in [0.25, 0.3) is 0 Å². The average molecular weight is 1380 g/mol. The van der Waals surface area contributed by atoms with Gasteiger partial charge >= 0.3 is 0 Å². The van der Waals surface area contributed by atoms with E-state index < -0.39 is 25.0 Å². The first-order chi connectivity index (χ1) is 44.6. The molecule has 12 aliphatic rings. The van der Waals surface area contributed by atoms with Gasteiger partial charge in [-0.3, -0.25) is 0 Å². The Morgan fingerprint density at radius 1 is 0.406 bits per heavy atom. The van der Waals surface area contributed by atoms with Crippen molar-refractivity contribution in [2.75, 3.05) is 19.8 Å². The molecule has 9 saturated carbocycles. The van der Waals surface area contributed by atoms with E-state index in [1.54, 1.807) is 22.3 Å². The molecule has 0 saturated heterocycles. The Labute approximate surface area is 596 Å². The summed E-state index contributed by atoms with van der Waals surface area (Å²) >= 11 is 0. The molecule has 0 unspecified atom stereocenters. The highest BCUT2D eigenvalue weighted by Gasteiger charge is 2.63. The molecule has 0 spiro atoms. The first-order valence-electron chi connectivity index (χ1n) is 41.2. The molecule has 9 fully saturated rings. The van der Waals surface area contributed by atoms with Crippen molar-refractivity contribution in [1.82, 2.24) is 0 Å². The Kier molecular flexibility index (Phi) is 23.0. The Morgan fingerprint density at radius 2 is 0.771 bits per heavy atom. The van der Waals surface area contributed by atoms with Crippen LogP contribution in [0, 0.1) is 115 Å². The van der Waals surface area contributed by atoms with Crippen molar-refractivity contribution >= 4 is 25.0 Å². The van der Waals surface area contributed by atoms with E-state index in [4.69, 9.17) is 13.3 Å². The molecule has 0 bridgehead atoms. The fourth-order valence-corrected chi connectivity index (χ4v) is 35.1. The number of rotatable bonds is 15. The molecule has 0 amide bonds. The molecule has 0 aromatic heterocycles. The smallest absolute Gasteiger partial charge is 0.200 e. The molecule has 3 N–H and O–H groups in total. The molecular formula is C87H154O6Si3. The summed E-state index contributed by atoms with van der Waals surface area (Å²) in [5.74, 6) is 10.1. The van der Waals surface area contributed by atoms with Crippen LogP contribution in [0.1, 0.15) is 293 Å². The average Bonchev–Trinajstić information content (AvgIpc) is 1.37. The highest BCUT2D eigenvalue weighted by Crippen LogP contribution is 2.71. The SMILES string of the molecule is CC(C)[Si](O[C@H]1CC[C@@]2(C)C(=CC[C@H]3[C@@H]4CC[C@H]([C@@H](C)CO)[C@@]4(C)CC[C@@H]32)C1)(C(C)C)C(C)C.C[C@@H](CO)[C@H]1CC[C@H]2C3=CC=C4C[C@@H](O[Si](C)(C)C(C)(C)C)CC[C@]4(C)[C@H]3CC[C@]12C.C[C@@H](CO)[C@H]1CC[C@H]2[C@@H]3CC=C4C[C@@H](O[Si](C)(C)C(C)(C)C)CC[C@]4(C)[C@H]3CC[C@]12C. The van der Waals surface area contributed by atoms with E-state index in [9.17, 15) is 15.3 Å². The zero-order valence-electron chi connectivity index (χ0n) is 67.3. The molecule has 0 aliphatic heterocycles. The van der Waals surface area contributed by atoms with Gasteiger partial charge in [-0.1, -0.05) is 192 Å². The highest BCUT2D eigenvalue weighted by atomic mass is 28.4. The summed E-state index contributed by atoms with van der Waals surface area (Å²) in [6, 6.07) is 0. The lowest BCUT2D eigenvalue weighted by molar-refractivity contribution is -0.0593. The van der Waals surface area contributed by atoms with Crippen LogP contribution in [-0.2, 0) is 13.3 Å². The molecule has 550 valence electrons. The molecule has 0 heterocycles. The Bertz CT molecular complexity index is 2790. The largest absolute Gasteiger partial charge is 0.414 e. The zero-order chi connectivity index (χ0) is 70.7. The summed E-state index contributed by atoms with van der Waals surface area (Å²) < 4.78 is 21.1. The quantitative estimate of drug-likeness (QED) is 0.112. The van der Waals surface area contributed by atoms with E-state index in [-0.39, 0.29) is 5.04 Å². The minimum atomic E-state index is -1.83. The first-order valence-corrected chi connectivity index (χ1v) is 49.2. The van der Waals surface area contributed by atoms with E-state index in [1.165, 1.54) is 141 Å². The first kappa shape index (κ1) is 78.0. The van der Waals surface area contributed by atoms with Crippen molar-refractivity contribution in [2.45, 2.75) is 364 Å². The van der Waals surface area contributed by atoms with Crippen molar-refractivity contribution in [3.63, 3.8) is 0 Å². The van der Waals surface area contributed by atoms with Crippen LogP contribution in [0.2, 0.25) is 52.9 Å². The lowest BCUT2D eigenvalue weighted by atomic mass is 9.47. The Morgan fingerprint density at radius 3 is 1.17 bits per heavy atom. The number of fused-ring (bicyclic) bond motifs is 15. The molecule has 96 heavy (non-hydrogen) atoms. The van der Waals surface area contributed by atoms with Crippen LogP contribution in [-0.4, -0.2) is 78.4 Å². The lowest BCUT2D eigenvalue weighted by Gasteiger charge is -2.59. The van der Waals surface area contributed by atoms with Crippen molar-refractivity contribution < 1.29 is 28.6 Å². The molecule has 0 aromatic rings. The minimum absolute atomic E-state index is 0.278. The van der Waals surface area contributed by atoms with Gasteiger partial charge in [0.1, 0.15) is 0 Å². The van der Waals surface area contributed by atoms with E-state index >= 15 is 0 Å². The second-order valence-electron chi connectivity index (χ2n) is 41.9. The van der Waals surface area contributed by atoms with Gasteiger partial charge in [-0.2, -0.15) is 0 Å². The van der Waals surface area contributed by atoms with Gasteiger partial charge in [-0.15, -0.1) is 0 Å². The van der Waals surface area contributed by atoms with Crippen molar-refractivity contribution in [3.8, 4) is 0 Å².